The second-order valence-electron chi connectivity index (χ2n) is 6.53. The van der Waals surface area contributed by atoms with E-state index >= 15 is 0 Å². The van der Waals surface area contributed by atoms with Gasteiger partial charge < -0.3 is 16.0 Å². The first-order valence-electron chi connectivity index (χ1n) is 7.15. The third-order valence-electron chi connectivity index (χ3n) is 3.43. The van der Waals surface area contributed by atoms with Crippen molar-refractivity contribution in [3.8, 4) is 0 Å². The van der Waals surface area contributed by atoms with Gasteiger partial charge in [-0.25, -0.2) is 9.97 Å². The van der Waals surface area contributed by atoms with Crippen LogP contribution < -0.4 is 16.0 Å². The van der Waals surface area contributed by atoms with Crippen molar-refractivity contribution in [3.63, 3.8) is 0 Å². The molecule has 0 bridgehead atoms. The molecular formula is C15H27N5O. The summed E-state index contributed by atoms with van der Waals surface area (Å²) in [6.07, 6.45) is 0. The highest BCUT2D eigenvalue weighted by molar-refractivity contribution is 5.78. The van der Waals surface area contributed by atoms with Crippen molar-refractivity contribution in [1.29, 1.82) is 0 Å². The van der Waals surface area contributed by atoms with Crippen LogP contribution in [0, 0.1) is 12.8 Å². The summed E-state index contributed by atoms with van der Waals surface area (Å²) in [4.78, 5) is 22.6. The van der Waals surface area contributed by atoms with Crippen LogP contribution in [0.5, 0.6) is 0 Å². The van der Waals surface area contributed by atoms with Crippen LogP contribution in [0.15, 0.2) is 0 Å². The molecule has 21 heavy (non-hydrogen) atoms. The molecule has 0 aliphatic carbocycles. The molecule has 0 aromatic carbocycles. The highest BCUT2D eigenvalue weighted by Gasteiger charge is 2.23. The molecule has 3 N–H and O–H groups in total. The van der Waals surface area contributed by atoms with Crippen LogP contribution in [0.1, 0.15) is 39.1 Å². The number of carbonyl (C=O) groups is 1. The highest BCUT2D eigenvalue weighted by atomic mass is 16.1. The minimum atomic E-state index is -0.177. The van der Waals surface area contributed by atoms with Crippen molar-refractivity contribution in [1.82, 2.24) is 15.3 Å². The second-order valence-corrected chi connectivity index (χ2v) is 6.53. The highest BCUT2D eigenvalue weighted by Crippen LogP contribution is 2.26. The third kappa shape index (κ3) is 4.06. The zero-order chi connectivity index (χ0) is 16.4. The zero-order valence-electron chi connectivity index (χ0n) is 14.1. The molecule has 0 saturated heterocycles. The Morgan fingerprint density at radius 2 is 1.95 bits per heavy atom. The van der Waals surface area contributed by atoms with Gasteiger partial charge in [0.1, 0.15) is 17.5 Å². The smallest absolute Gasteiger partial charge is 0.224 e. The standard InChI is InChI=1S/C15H27N5O/c1-9(13(21)17-6)8-20(7)12-10(2)11(16)18-14(19-12)15(3,4)5/h9H,8H2,1-7H3,(H,17,21)(H2,16,18,19). The molecule has 1 aromatic rings. The minimum absolute atomic E-state index is 0.0116. The number of anilines is 2. The molecule has 0 aliphatic rings. The van der Waals surface area contributed by atoms with Gasteiger partial charge in [-0.3, -0.25) is 4.79 Å². The molecular weight excluding hydrogens is 266 g/mol. The third-order valence-corrected chi connectivity index (χ3v) is 3.43. The Morgan fingerprint density at radius 1 is 1.38 bits per heavy atom. The molecule has 1 heterocycles. The van der Waals surface area contributed by atoms with Crippen molar-refractivity contribution in [3.05, 3.63) is 11.4 Å². The number of nitrogens with zero attached hydrogens (tertiary/aromatic N) is 3. The van der Waals surface area contributed by atoms with Crippen LogP contribution in [0.25, 0.3) is 0 Å². The Bertz CT molecular complexity index is 522. The van der Waals surface area contributed by atoms with E-state index in [-0.39, 0.29) is 17.2 Å². The monoisotopic (exact) mass is 293 g/mol. The summed E-state index contributed by atoms with van der Waals surface area (Å²) in [6.45, 7) is 10.5. The Labute approximate surface area is 127 Å². The van der Waals surface area contributed by atoms with E-state index in [1.807, 2.05) is 46.6 Å². The summed E-state index contributed by atoms with van der Waals surface area (Å²) in [5, 5.41) is 2.66. The number of amides is 1. The van der Waals surface area contributed by atoms with Gasteiger partial charge in [0.2, 0.25) is 5.91 Å². The summed E-state index contributed by atoms with van der Waals surface area (Å²) in [5.41, 5.74) is 6.68. The molecule has 0 aliphatic heterocycles. The molecule has 6 heteroatoms. The largest absolute Gasteiger partial charge is 0.383 e. The van der Waals surface area contributed by atoms with Gasteiger partial charge in [0, 0.05) is 31.6 Å². The van der Waals surface area contributed by atoms with Crippen LogP contribution in [0.4, 0.5) is 11.6 Å². The van der Waals surface area contributed by atoms with E-state index < -0.39 is 0 Å². The number of nitrogens with two attached hydrogens (primary N) is 1. The first-order valence-corrected chi connectivity index (χ1v) is 7.15. The summed E-state index contributed by atoms with van der Waals surface area (Å²) < 4.78 is 0. The summed E-state index contributed by atoms with van der Waals surface area (Å²) >= 11 is 0. The molecule has 1 unspecified atom stereocenters. The molecule has 1 rings (SSSR count). The Morgan fingerprint density at radius 3 is 2.43 bits per heavy atom. The van der Waals surface area contributed by atoms with Crippen molar-refractivity contribution in [2.45, 2.75) is 40.0 Å². The van der Waals surface area contributed by atoms with Crippen LogP contribution in [-0.4, -0.2) is 36.5 Å². The van der Waals surface area contributed by atoms with Gasteiger partial charge in [0.25, 0.3) is 0 Å². The maximum atomic E-state index is 11.7. The lowest BCUT2D eigenvalue weighted by Gasteiger charge is -2.26. The van der Waals surface area contributed by atoms with E-state index in [1.165, 1.54) is 0 Å². The lowest BCUT2D eigenvalue weighted by atomic mass is 9.95. The first kappa shape index (κ1) is 17.2. The molecule has 0 spiro atoms. The van der Waals surface area contributed by atoms with Crippen LogP contribution in [0.3, 0.4) is 0 Å². The van der Waals surface area contributed by atoms with Gasteiger partial charge in [-0.1, -0.05) is 27.7 Å². The van der Waals surface area contributed by atoms with Crippen molar-refractivity contribution in [2.24, 2.45) is 5.92 Å². The molecule has 1 atom stereocenters. The number of rotatable bonds is 4. The van der Waals surface area contributed by atoms with Crippen LogP contribution in [0.2, 0.25) is 0 Å². The van der Waals surface area contributed by atoms with E-state index in [4.69, 9.17) is 5.73 Å². The number of nitrogens with one attached hydrogen (secondary N) is 1. The zero-order valence-corrected chi connectivity index (χ0v) is 14.1. The molecule has 1 amide bonds. The summed E-state index contributed by atoms with van der Waals surface area (Å²) in [5.74, 6) is 1.86. The van der Waals surface area contributed by atoms with Gasteiger partial charge in [-0.05, 0) is 6.92 Å². The molecule has 1 aromatic heterocycles. The van der Waals surface area contributed by atoms with E-state index in [0.29, 0.717) is 18.2 Å². The van der Waals surface area contributed by atoms with E-state index in [0.717, 1.165) is 11.4 Å². The van der Waals surface area contributed by atoms with Crippen LogP contribution in [-0.2, 0) is 10.2 Å². The average molecular weight is 293 g/mol. The second kappa shape index (κ2) is 6.28. The Hall–Kier alpha value is -1.85. The van der Waals surface area contributed by atoms with E-state index in [1.54, 1.807) is 7.05 Å². The van der Waals surface area contributed by atoms with Gasteiger partial charge in [0.15, 0.2) is 0 Å². The molecule has 6 nitrogen and oxygen atoms in total. The number of hydrogen-bond acceptors (Lipinski definition) is 5. The van der Waals surface area contributed by atoms with E-state index in [2.05, 4.69) is 15.3 Å². The molecule has 0 saturated carbocycles. The van der Waals surface area contributed by atoms with Crippen LogP contribution >= 0.6 is 0 Å². The van der Waals surface area contributed by atoms with Crippen molar-refractivity contribution < 1.29 is 4.79 Å². The predicted molar refractivity (Wildman–Crippen MR) is 86.4 cm³/mol. The summed E-state index contributed by atoms with van der Waals surface area (Å²) in [7, 11) is 3.56. The Kier molecular flexibility index (Phi) is 5.15. The molecule has 118 valence electrons. The number of hydrogen-bond donors (Lipinski definition) is 2. The van der Waals surface area contributed by atoms with Crippen molar-refractivity contribution >= 4 is 17.5 Å². The summed E-state index contributed by atoms with van der Waals surface area (Å²) in [6, 6.07) is 0. The number of nitrogen functional groups attached to an aromatic ring is 1. The normalized spacial score (nSPS) is 12.9. The first-order chi connectivity index (χ1) is 9.57. The molecule has 0 radical (unpaired) electrons. The minimum Gasteiger partial charge on any atom is -0.383 e. The number of aromatic nitrogens is 2. The van der Waals surface area contributed by atoms with Crippen molar-refractivity contribution in [2.75, 3.05) is 31.3 Å². The topological polar surface area (TPSA) is 84.1 Å². The van der Waals surface area contributed by atoms with Gasteiger partial charge in [0.05, 0.1) is 5.92 Å². The predicted octanol–water partition coefficient (Wildman–Crippen LogP) is 1.48. The van der Waals surface area contributed by atoms with Gasteiger partial charge in [-0.15, -0.1) is 0 Å². The number of carbonyl (C=O) groups excluding carboxylic acids is 1. The fourth-order valence-electron chi connectivity index (χ4n) is 2.06. The lowest BCUT2D eigenvalue weighted by Crippen LogP contribution is -2.35. The SMILES string of the molecule is CNC(=O)C(C)CN(C)c1nc(C(C)(C)C)nc(N)c1C. The maximum Gasteiger partial charge on any atom is 0.224 e. The fourth-order valence-corrected chi connectivity index (χ4v) is 2.06. The lowest BCUT2D eigenvalue weighted by molar-refractivity contribution is -0.123. The quantitative estimate of drug-likeness (QED) is 0.878. The van der Waals surface area contributed by atoms with Gasteiger partial charge in [-0.2, -0.15) is 0 Å². The fraction of sp³-hybridized carbons (Fsp3) is 0.667. The Balaban J connectivity index is 3.11. The molecule has 0 fully saturated rings. The van der Waals surface area contributed by atoms with E-state index in [9.17, 15) is 4.79 Å². The maximum absolute atomic E-state index is 11.7. The van der Waals surface area contributed by atoms with Gasteiger partial charge >= 0.3 is 0 Å². The average Bonchev–Trinajstić information content (AvgIpc) is 2.39.